The van der Waals surface area contributed by atoms with Gasteiger partial charge in [-0.05, 0) is 42.7 Å². The van der Waals surface area contributed by atoms with Crippen LogP contribution in [0.5, 0.6) is 0 Å². The molecular weight excluding hydrogens is 432 g/mol. The smallest absolute Gasteiger partial charge is 0.206 e. The Bertz CT molecular complexity index is 1300. The first-order valence-electron chi connectivity index (χ1n) is 9.80. The molecule has 2 heterocycles. The lowest BCUT2D eigenvalue weighted by molar-refractivity contribution is 0.601. The molecule has 0 spiro atoms. The Hall–Kier alpha value is -2.82. The van der Waals surface area contributed by atoms with Crippen LogP contribution in [-0.4, -0.2) is 47.7 Å². The van der Waals surface area contributed by atoms with Crippen molar-refractivity contribution in [1.29, 1.82) is 0 Å². The largest absolute Gasteiger partial charge is 0.359 e. The fourth-order valence-electron chi connectivity index (χ4n) is 3.35. The van der Waals surface area contributed by atoms with Gasteiger partial charge in [-0.1, -0.05) is 35.6 Å². The lowest BCUT2D eigenvalue weighted by Gasteiger charge is -2.12. The number of fused-ring (bicyclic) bond motifs is 1. The lowest BCUT2D eigenvalue weighted by atomic mass is 10.1. The van der Waals surface area contributed by atoms with Crippen molar-refractivity contribution >= 4 is 37.2 Å². The Labute approximate surface area is 184 Å². The molecule has 31 heavy (non-hydrogen) atoms. The molecule has 0 bridgehead atoms. The first-order valence-corrected chi connectivity index (χ1v) is 12.7. The van der Waals surface area contributed by atoms with E-state index in [1.54, 1.807) is 0 Å². The highest BCUT2D eigenvalue weighted by atomic mass is 32.2. The molecule has 0 aliphatic carbocycles. The number of benzene rings is 2. The molecular formula is C21H24N6O2S2. The topological polar surface area (TPSA) is 127 Å². The zero-order chi connectivity index (χ0) is 22.0. The van der Waals surface area contributed by atoms with Crippen LogP contribution in [-0.2, 0) is 22.0 Å². The summed E-state index contributed by atoms with van der Waals surface area (Å²) in [6.07, 6.45) is 1.91. The van der Waals surface area contributed by atoms with Crippen molar-refractivity contribution in [3.05, 3.63) is 59.3 Å². The highest BCUT2D eigenvalue weighted by molar-refractivity contribution is 7.89. The number of nitrogens with one attached hydrogen (secondary N) is 2. The highest BCUT2D eigenvalue weighted by Crippen LogP contribution is 2.29. The molecule has 4 aromatic rings. The fraction of sp³-hybridized carbons (Fsp3) is 0.286. The fourth-order valence-corrected chi connectivity index (χ4v) is 4.89. The second-order valence-electron chi connectivity index (χ2n) is 7.72. The predicted molar refractivity (Wildman–Crippen MR) is 125 cm³/mol. The second kappa shape index (κ2) is 8.74. The lowest BCUT2D eigenvalue weighted by Crippen LogP contribution is -2.31. The van der Waals surface area contributed by atoms with Gasteiger partial charge in [0, 0.05) is 35.5 Å². The molecule has 8 nitrogen and oxygen atoms in total. The van der Waals surface area contributed by atoms with Crippen LogP contribution in [0.4, 0.5) is 5.13 Å². The Morgan fingerprint density at radius 1 is 1.13 bits per heavy atom. The number of sulfone groups is 1. The van der Waals surface area contributed by atoms with E-state index >= 15 is 0 Å². The van der Waals surface area contributed by atoms with E-state index in [4.69, 9.17) is 5.73 Å². The van der Waals surface area contributed by atoms with Gasteiger partial charge in [0.1, 0.15) is 5.01 Å². The third-order valence-electron chi connectivity index (χ3n) is 4.88. The van der Waals surface area contributed by atoms with Gasteiger partial charge >= 0.3 is 0 Å². The Balaban J connectivity index is 1.34. The monoisotopic (exact) mass is 456 g/mol. The van der Waals surface area contributed by atoms with E-state index in [0.29, 0.717) is 13.0 Å². The van der Waals surface area contributed by atoms with E-state index < -0.39 is 9.84 Å². The molecule has 0 radical (unpaired) electrons. The van der Waals surface area contributed by atoms with Gasteiger partial charge in [0.25, 0.3) is 0 Å². The van der Waals surface area contributed by atoms with Crippen LogP contribution in [0.25, 0.3) is 21.5 Å². The van der Waals surface area contributed by atoms with Gasteiger partial charge in [0.2, 0.25) is 5.13 Å². The number of H-pyrrole nitrogens is 1. The van der Waals surface area contributed by atoms with Crippen LogP contribution in [0.2, 0.25) is 0 Å². The van der Waals surface area contributed by atoms with Crippen LogP contribution in [0.1, 0.15) is 16.8 Å². The molecule has 0 saturated heterocycles. The van der Waals surface area contributed by atoms with Gasteiger partial charge in [-0.2, -0.15) is 5.10 Å². The van der Waals surface area contributed by atoms with Crippen molar-refractivity contribution in [1.82, 2.24) is 20.4 Å². The van der Waals surface area contributed by atoms with Gasteiger partial charge in [0.15, 0.2) is 9.84 Å². The maximum atomic E-state index is 11.4. The Morgan fingerprint density at radius 2 is 1.87 bits per heavy atom. The number of nitrogens with zero attached hydrogens (tertiary/aromatic N) is 3. The van der Waals surface area contributed by atoms with Gasteiger partial charge in [0.05, 0.1) is 11.3 Å². The Morgan fingerprint density at radius 3 is 2.61 bits per heavy atom. The van der Waals surface area contributed by atoms with Crippen LogP contribution < -0.4 is 11.1 Å². The molecule has 0 unspecified atom stereocenters. The van der Waals surface area contributed by atoms with E-state index in [1.165, 1.54) is 17.6 Å². The standard InChI is InChI=1S/C21H24N6O2S2/c1-13-18-10-16(7-8-19(18)25-24-13)20-26-27-21(30-20)23-11-17(22)9-14-3-5-15(6-4-14)12-31(2,28)29/h3-8,10,17H,9,11-12,22H2,1-2H3,(H,23,27)(H,24,25)/t17-/m0/s1. The average Bonchev–Trinajstić information content (AvgIpc) is 3.34. The first-order chi connectivity index (χ1) is 14.8. The van der Waals surface area contributed by atoms with Crippen LogP contribution in [0, 0.1) is 6.92 Å². The SMILES string of the molecule is Cc1[nH]nc2ccc(-c3nnc(NC[C@@H](N)Cc4ccc(CS(C)(=O)=O)cc4)s3)cc12. The van der Waals surface area contributed by atoms with E-state index in [2.05, 4.69) is 31.8 Å². The molecule has 0 saturated carbocycles. The maximum Gasteiger partial charge on any atom is 0.206 e. The third kappa shape index (κ3) is 5.46. The summed E-state index contributed by atoms with van der Waals surface area (Å²) in [5.41, 5.74) is 11.1. The van der Waals surface area contributed by atoms with Gasteiger partial charge < -0.3 is 11.1 Å². The van der Waals surface area contributed by atoms with Gasteiger partial charge in [-0.15, -0.1) is 10.2 Å². The minimum atomic E-state index is -3.03. The van der Waals surface area contributed by atoms with Gasteiger partial charge in [-0.25, -0.2) is 8.42 Å². The second-order valence-corrected chi connectivity index (χ2v) is 10.8. The summed E-state index contributed by atoms with van der Waals surface area (Å²) in [5, 5.41) is 21.7. The number of rotatable bonds is 8. The summed E-state index contributed by atoms with van der Waals surface area (Å²) in [5.74, 6) is 0.0490. The summed E-state index contributed by atoms with van der Waals surface area (Å²) >= 11 is 1.48. The van der Waals surface area contributed by atoms with E-state index in [-0.39, 0.29) is 11.8 Å². The molecule has 0 amide bonds. The quantitative estimate of drug-likeness (QED) is 0.372. The predicted octanol–water partition coefficient (Wildman–Crippen LogP) is 2.92. The van der Waals surface area contributed by atoms with Gasteiger partial charge in [-0.3, -0.25) is 5.10 Å². The number of hydrogen-bond donors (Lipinski definition) is 3. The average molecular weight is 457 g/mol. The molecule has 0 fully saturated rings. The highest BCUT2D eigenvalue weighted by Gasteiger charge is 2.11. The minimum absolute atomic E-state index is 0.0490. The molecule has 2 aromatic heterocycles. The molecule has 1 atom stereocenters. The molecule has 2 aromatic carbocycles. The molecule has 4 N–H and O–H groups in total. The molecule has 0 aliphatic rings. The number of aromatic amines is 1. The van der Waals surface area contributed by atoms with E-state index in [0.717, 1.165) is 43.4 Å². The number of nitrogens with two attached hydrogens (primary N) is 1. The van der Waals surface area contributed by atoms with Crippen molar-refractivity contribution in [3.8, 4) is 10.6 Å². The summed E-state index contributed by atoms with van der Waals surface area (Å²) in [6, 6.07) is 13.5. The summed E-state index contributed by atoms with van der Waals surface area (Å²) in [6.45, 7) is 2.55. The van der Waals surface area contributed by atoms with Crippen LogP contribution >= 0.6 is 11.3 Å². The maximum absolute atomic E-state index is 11.4. The summed E-state index contributed by atoms with van der Waals surface area (Å²) in [7, 11) is -3.03. The van der Waals surface area contributed by atoms with Crippen LogP contribution in [0.3, 0.4) is 0 Å². The zero-order valence-corrected chi connectivity index (χ0v) is 18.9. The number of hydrogen-bond acceptors (Lipinski definition) is 8. The number of anilines is 1. The number of aryl methyl sites for hydroxylation is 1. The number of aromatic nitrogens is 4. The van der Waals surface area contributed by atoms with Crippen molar-refractivity contribution in [2.45, 2.75) is 25.1 Å². The van der Waals surface area contributed by atoms with E-state index in [1.807, 2.05) is 43.3 Å². The molecule has 162 valence electrons. The normalized spacial score (nSPS) is 12.9. The van der Waals surface area contributed by atoms with Crippen molar-refractivity contribution in [2.24, 2.45) is 5.73 Å². The van der Waals surface area contributed by atoms with Crippen molar-refractivity contribution in [2.75, 3.05) is 18.1 Å². The summed E-state index contributed by atoms with van der Waals surface area (Å²) < 4.78 is 22.8. The molecule has 4 rings (SSSR count). The third-order valence-corrected chi connectivity index (χ3v) is 6.67. The first kappa shape index (κ1) is 21.4. The molecule has 10 heteroatoms. The minimum Gasteiger partial charge on any atom is -0.359 e. The zero-order valence-electron chi connectivity index (χ0n) is 17.3. The molecule has 0 aliphatic heterocycles. The summed E-state index contributed by atoms with van der Waals surface area (Å²) in [4.78, 5) is 0. The van der Waals surface area contributed by atoms with Crippen molar-refractivity contribution < 1.29 is 8.42 Å². The van der Waals surface area contributed by atoms with Crippen molar-refractivity contribution in [3.63, 3.8) is 0 Å². The van der Waals surface area contributed by atoms with E-state index in [9.17, 15) is 8.42 Å². The Kier molecular flexibility index (Phi) is 6.03. The van der Waals surface area contributed by atoms with Crippen LogP contribution in [0.15, 0.2) is 42.5 Å².